The van der Waals surface area contributed by atoms with Gasteiger partial charge in [0.05, 0.1) is 10.6 Å². The zero-order chi connectivity index (χ0) is 20.3. The number of hydrogen-bond donors (Lipinski definition) is 1. The average Bonchev–Trinajstić information content (AvgIpc) is 2.75. The number of benzene rings is 2. The molecule has 0 unspecified atom stereocenters. The molecule has 6 nitrogen and oxygen atoms in total. The van der Waals surface area contributed by atoms with Crippen LogP contribution in [0.25, 0.3) is 11.3 Å². The molecule has 0 aliphatic carbocycles. The van der Waals surface area contributed by atoms with Gasteiger partial charge in [-0.05, 0) is 90.4 Å². The molecule has 29 heavy (non-hydrogen) atoms. The molecule has 0 bridgehead atoms. The van der Waals surface area contributed by atoms with E-state index in [2.05, 4.69) is 42.4 Å². The number of anilines is 2. The molecule has 1 N–H and O–H groups in total. The van der Waals surface area contributed by atoms with Crippen LogP contribution < -0.4 is 9.62 Å². The Bertz CT molecular complexity index is 1060. The smallest absolute Gasteiger partial charge is 0.261 e. The van der Waals surface area contributed by atoms with E-state index >= 15 is 0 Å². The number of halogens is 1. The normalized spacial score (nSPS) is 14.6. The SMILES string of the molecule is O=S(=O)(Nc1ccc(-c2ccc(N3CCCCC3)nn2)cc1)c1ccc(I)cc1. The van der Waals surface area contributed by atoms with Gasteiger partial charge in [-0.1, -0.05) is 12.1 Å². The molecule has 150 valence electrons. The third kappa shape index (κ3) is 4.87. The molecule has 4 rings (SSSR count). The third-order valence-corrected chi connectivity index (χ3v) is 7.00. The zero-order valence-corrected chi connectivity index (χ0v) is 18.7. The number of rotatable bonds is 5. The fourth-order valence-electron chi connectivity index (χ4n) is 3.31. The molecule has 0 saturated carbocycles. The van der Waals surface area contributed by atoms with Gasteiger partial charge < -0.3 is 4.90 Å². The maximum Gasteiger partial charge on any atom is 0.261 e. The van der Waals surface area contributed by atoms with Crippen LogP contribution in [0.1, 0.15) is 19.3 Å². The number of sulfonamides is 1. The summed E-state index contributed by atoms with van der Waals surface area (Å²) >= 11 is 2.14. The molecule has 0 atom stereocenters. The molecular weight excluding hydrogens is 499 g/mol. The Labute approximate surface area is 184 Å². The van der Waals surface area contributed by atoms with Gasteiger partial charge in [0.2, 0.25) is 0 Å². The van der Waals surface area contributed by atoms with Crippen molar-refractivity contribution in [3.63, 3.8) is 0 Å². The van der Waals surface area contributed by atoms with Crippen LogP contribution in [0.15, 0.2) is 65.6 Å². The van der Waals surface area contributed by atoms with E-state index in [4.69, 9.17) is 0 Å². The summed E-state index contributed by atoms with van der Waals surface area (Å²) in [6, 6.07) is 17.8. The van der Waals surface area contributed by atoms with Gasteiger partial charge >= 0.3 is 0 Å². The number of nitrogens with one attached hydrogen (secondary N) is 1. The van der Waals surface area contributed by atoms with Crippen molar-refractivity contribution in [1.82, 2.24) is 10.2 Å². The predicted molar refractivity (Wildman–Crippen MR) is 123 cm³/mol. The van der Waals surface area contributed by atoms with E-state index in [1.807, 2.05) is 24.3 Å². The lowest BCUT2D eigenvalue weighted by molar-refractivity contribution is 0.571. The van der Waals surface area contributed by atoms with Crippen LogP contribution in [0.5, 0.6) is 0 Å². The molecule has 0 spiro atoms. The Morgan fingerprint density at radius 2 is 1.52 bits per heavy atom. The topological polar surface area (TPSA) is 75.2 Å². The first kappa shape index (κ1) is 20.1. The van der Waals surface area contributed by atoms with Crippen LogP contribution in [0.2, 0.25) is 0 Å². The summed E-state index contributed by atoms with van der Waals surface area (Å²) < 4.78 is 28.6. The Hall–Kier alpha value is -2.20. The van der Waals surface area contributed by atoms with Gasteiger partial charge in [0.25, 0.3) is 10.0 Å². The first-order chi connectivity index (χ1) is 14.0. The van der Waals surface area contributed by atoms with Crippen LogP contribution in [0.4, 0.5) is 11.5 Å². The minimum atomic E-state index is -3.61. The van der Waals surface area contributed by atoms with E-state index in [0.717, 1.165) is 33.7 Å². The van der Waals surface area contributed by atoms with Crippen molar-refractivity contribution in [2.24, 2.45) is 0 Å². The predicted octanol–water partition coefficient (Wildman–Crippen LogP) is 4.54. The molecule has 1 aromatic heterocycles. The summed E-state index contributed by atoms with van der Waals surface area (Å²) in [5, 5.41) is 8.72. The molecular formula is C21H21IN4O2S. The Morgan fingerprint density at radius 1 is 0.828 bits per heavy atom. The van der Waals surface area contributed by atoms with Crippen LogP contribution in [0, 0.1) is 3.57 Å². The molecule has 1 aliphatic heterocycles. The monoisotopic (exact) mass is 520 g/mol. The molecule has 2 heterocycles. The number of piperidine rings is 1. The van der Waals surface area contributed by atoms with Gasteiger partial charge in [-0.15, -0.1) is 10.2 Å². The van der Waals surface area contributed by atoms with E-state index in [1.54, 1.807) is 36.4 Å². The van der Waals surface area contributed by atoms with Crippen LogP contribution in [-0.4, -0.2) is 31.7 Å². The second kappa shape index (κ2) is 8.66. The van der Waals surface area contributed by atoms with Crippen molar-refractivity contribution in [2.45, 2.75) is 24.2 Å². The summed E-state index contributed by atoms with van der Waals surface area (Å²) in [6.45, 7) is 2.06. The van der Waals surface area contributed by atoms with Crippen molar-refractivity contribution in [3.8, 4) is 11.3 Å². The van der Waals surface area contributed by atoms with E-state index in [-0.39, 0.29) is 4.90 Å². The molecule has 1 fully saturated rings. The molecule has 1 saturated heterocycles. The minimum Gasteiger partial charge on any atom is -0.355 e. The number of aromatic nitrogens is 2. The van der Waals surface area contributed by atoms with Crippen molar-refractivity contribution >= 4 is 44.1 Å². The van der Waals surface area contributed by atoms with Gasteiger partial charge in [0, 0.05) is 27.9 Å². The fourth-order valence-corrected chi connectivity index (χ4v) is 4.73. The first-order valence-electron chi connectivity index (χ1n) is 9.49. The second-order valence-corrected chi connectivity index (χ2v) is 9.89. The molecule has 1 aliphatic rings. The Balaban J connectivity index is 1.47. The molecule has 8 heteroatoms. The maximum absolute atomic E-state index is 12.5. The fraction of sp³-hybridized carbons (Fsp3) is 0.238. The minimum absolute atomic E-state index is 0.237. The highest BCUT2D eigenvalue weighted by atomic mass is 127. The summed E-state index contributed by atoms with van der Waals surface area (Å²) in [7, 11) is -3.61. The lowest BCUT2D eigenvalue weighted by atomic mass is 10.1. The molecule has 2 aromatic carbocycles. The quantitative estimate of drug-likeness (QED) is 0.501. The number of hydrogen-bond acceptors (Lipinski definition) is 5. The maximum atomic E-state index is 12.5. The van der Waals surface area contributed by atoms with Gasteiger partial charge in [0.1, 0.15) is 0 Å². The Morgan fingerprint density at radius 3 is 2.14 bits per heavy atom. The van der Waals surface area contributed by atoms with Crippen molar-refractivity contribution in [3.05, 3.63) is 64.2 Å². The van der Waals surface area contributed by atoms with Crippen LogP contribution in [0.3, 0.4) is 0 Å². The first-order valence-corrected chi connectivity index (χ1v) is 12.0. The van der Waals surface area contributed by atoms with Crippen LogP contribution >= 0.6 is 22.6 Å². The largest absolute Gasteiger partial charge is 0.355 e. The van der Waals surface area contributed by atoms with E-state index in [9.17, 15) is 8.42 Å². The van der Waals surface area contributed by atoms with Crippen molar-refractivity contribution in [1.29, 1.82) is 0 Å². The number of nitrogens with zero attached hydrogens (tertiary/aromatic N) is 3. The Kier molecular flexibility index (Phi) is 6.00. The van der Waals surface area contributed by atoms with Crippen LogP contribution in [-0.2, 0) is 10.0 Å². The summed E-state index contributed by atoms with van der Waals surface area (Å²) in [6.07, 6.45) is 3.67. The standard InChI is InChI=1S/C21H21IN4O2S/c22-17-6-10-19(11-7-17)29(27,28)25-18-8-4-16(5-9-18)20-12-13-21(24-23-20)26-14-2-1-3-15-26/h4-13,25H,1-3,14-15H2. The average molecular weight is 520 g/mol. The lowest BCUT2D eigenvalue weighted by Crippen LogP contribution is -2.30. The van der Waals surface area contributed by atoms with E-state index in [0.29, 0.717) is 5.69 Å². The highest BCUT2D eigenvalue weighted by Gasteiger charge is 2.15. The van der Waals surface area contributed by atoms with Crippen molar-refractivity contribution < 1.29 is 8.42 Å². The highest BCUT2D eigenvalue weighted by Crippen LogP contribution is 2.23. The van der Waals surface area contributed by atoms with Gasteiger partial charge in [-0.2, -0.15) is 0 Å². The van der Waals surface area contributed by atoms with Gasteiger partial charge in [-0.25, -0.2) is 8.42 Å². The van der Waals surface area contributed by atoms with E-state index in [1.165, 1.54) is 19.3 Å². The third-order valence-electron chi connectivity index (χ3n) is 4.89. The van der Waals surface area contributed by atoms with Gasteiger partial charge in [-0.3, -0.25) is 4.72 Å². The molecule has 0 radical (unpaired) electrons. The highest BCUT2D eigenvalue weighted by molar-refractivity contribution is 14.1. The van der Waals surface area contributed by atoms with E-state index < -0.39 is 10.0 Å². The summed E-state index contributed by atoms with van der Waals surface area (Å²) in [5.74, 6) is 0.912. The molecule has 0 amide bonds. The summed E-state index contributed by atoms with van der Waals surface area (Å²) in [5.41, 5.74) is 2.16. The molecule has 3 aromatic rings. The lowest BCUT2D eigenvalue weighted by Gasteiger charge is -2.27. The second-order valence-electron chi connectivity index (χ2n) is 6.96. The van der Waals surface area contributed by atoms with Gasteiger partial charge in [0.15, 0.2) is 5.82 Å². The summed E-state index contributed by atoms with van der Waals surface area (Å²) in [4.78, 5) is 2.50. The zero-order valence-electron chi connectivity index (χ0n) is 15.8. The van der Waals surface area contributed by atoms with Crippen molar-refractivity contribution in [2.75, 3.05) is 22.7 Å².